The van der Waals surface area contributed by atoms with E-state index in [0.717, 1.165) is 4.47 Å². The number of hydrogen-bond acceptors (Lipinski definition) is 0. The molecule has 0 heterocycles. The summed E-state index contributed by atoms with van der Waals surface area (Å²) in [7, 11) is 0. The molecule has 0 atom stereocenters. The fourth-order valence-electron chi connectivity index (χ4n) is 2.09. The third kappa shape index (κ3) is 6.44. The molecule has 0 aliphatic carbocycles. The van der Waals surface area contributed by atoms with Crippen LogP contribution in [-0.2, 0) is 10.2 Å². The van der Waals surface area contributed by atoms with Crippen LogP contribution in [0.15, 0.2) is 53.0 Å². The van der Waals surface area contributed by atoms with Crippen LogP contribution >= 0.6 is 43.5 Å². The van der Waals surface area contributed by atoms with E-state index in [1.54, 1.807) is 0 Å². The molecule has 0 N–H and O–H groups in total. The summed E-state index contributed by atoms with van der Waals surface area (Å²) < 4.78 is 1.20. The lowest BCUT2D eigenvalue weighted by atomic mass is 9.98. The normalized spacial score (nSPS) is 11.1. The Labute approximate surface area is 156 Å². The van der Waals surface area contributed by atoms with Gasteiger partial charge in [0.1, 0.15) is 0 Å². The molecule has 0 radical (unpaired) electrons. The molecule has 0 unspecified atom stereocenters. The Hall–Kier alpha value is -0.310. The quantitative estimate of drug-likeness (QED) is 0.425. The van der Waals surface area contributed by atoms with Gasteiger partial charge in [0.25, 0.3) is 0 Å². The van der Waals surface area contributed by atoms with Gasteiger partial charge in [-0.25, -0.2) is 0 Å². The summed E-state index contributed by atoms with van der Waals surface area (Å²) in [4.78, 5) is 0. The van der Waals surface area contributed by atoms with Crippen molar-refractivity contribution in [2.24, 2.45) is 0 Å². The summed E-state index contributed by atoms with van der Waals surface area (Å²) in [6.07, 6.45) is 0. The number of rotatable bonds is 3. The maximum absolute atomic E-state index is 5.83. The van der Waals surface area contributed by atoms with Gasteiger partial charge in [-0.15, -0.1) is 11.6 Å². The van der Waals surface area contributed by atoms with Crippen molar-refractivity contribution in [3.8, 4) is 0 Å². The maximum Gasteiger partial charge on any atom is 0.0477 e. The number of alkyl halides is 2. The molecule has 120 valence electrons. The third-order valence-electron chi connectivity index (χ3n) is 3.33. The number of halogens is 3. The van der Waals surface area contributed by atoms with Gasteiger partial charge in [0.15, 0.2) is 0 Å². The highest BCUT2D eigenvalue weighted by atomic mass is 79.9. The first-order chi connectivity index (χ1) is 10.3. The fraction of sp³-hybridized carbons (Fsp3) is 0.368. The second-order valence-corrected chi connectivity index (χ2v) is 9.14. The predicted molar refractivity (Wildman–Crippen MR) is 106 cm³/mol. The largest absolute Gasteiger partial charge is 0.122 e. The summed E-state index contributed by atoms with van der Waals surface area (Å²) in [6, 6.07) is 16.7. The molecular formula is C19H23Br2Cl. The zero-order valence-electron chi connectivity index (χ0n) is 13.5. The zero-order valence-corrected chi connectivity index (χ0v) is 17.5. The lowest BCUT2D eigenvalue weighted by Gasteiger charge is -2.15. The Morgan fingerprint density at radius 2 is 1.64 bits per heavy atom. The van der Waals surface area contributed by atoms with Crippen LogP contribution in [0.25, 0.3) is 0 Å². The molecule has 0 aromatic heterocycles. The summed E-state index contributed by atoms with van der Waals surface area (Å²) in [5.74, 6) is 1.14. The van der Waals surface area contributed by atoms with Crippen LogP contribution in [0.3, 0.4) is 0 Å². The van der Waals surface area contributed by atoms with Crippen molar-refractivity contribution in [3.05, 3.63) is 69.7 Å². The SMILES string of the molecule is CC(C)(Br)c1ccccc1.CC(C)c1ccc(Br)cc1CCl. The van der Waals surface area contributed by atoms with E-state index in [-0.39, 0.29) is 4.32 Å². The molecular weight excluding hydrogens is 423 g/mol. The molecule has 0 saturated carbocycles. The standard InChI is InChI=1S/C10H12BrCl.C9H11Br/c1-7(2)10-4-3-9(11)5-8(10)6-12;1-9(2,10)8-6-4-3-5-7-8/h3-5,7H,6H2,1-2H3;3-7H,1-2H3. The number of benzene rings is 2. The van der Waals surface area contributed by atoms with Gasteiger partial charge in [-0.05, 0) is 48.6 Å². The number of hydrogen-bond donors (Lipinski definition) is 0. The van der Waals surface area contributed by atoms with Crippen molar-refractivity contribution >= 4 is 43.5 Å². The highest BCUT2D eigenvalue weighted by Gasteiger charge is 2.13. The predicted octanol–water partition coefficient (Wildman–Crippen LogP) is 7.63. The Bertz CT molecular complexity index is 572. The van der Waals surface area contributed by atoms with Crippen molar-refractivity contribution in [1.82, 2.24) is 0 Å². The minimum Gasteiger partial charge on any atom is -0.122 e. The first-order valence-electron chi connectivity index (χ1n) is 7.34. The van der Waals surface area contributed by atoms with Crippen LogP contribution < -0.4 is 0 Å². The lowest BCUT2D eigenvalue weighted by molar-refractivity contribution is 0.803. The summed E-state index contributed by atoms with van der Waals surface area (Å²) in [5.41, 5.74) is 3.88. The van der Waals surface area contributed by atoms with Gasteiger partial charge in [0.05, 0.1) is 0 Å². The first kappa shape index (κ1) is 19.7. The lowest BCUT2D eigenvalue weighted by Crippen LogP contribution is -2.05. The van der Waals surface area contributed by atoms with E-state index in [4.69, 9.17) is 11.6 Å². The summed E-state index contributed by atoms with van der Waals surface area (Å²) in [6.45, 7) is 8.64. The molecule has 0 amide bonds. The van der Waals surface area contributed by atoms with Crippen LogP contribution in [0.2, 0.25) is 0 Å². The van der Waals surface area contributed by atoms with Crippen LogP contribution in [0.1, 0.15) is 50.3 Å². The minimum absolute atomic E-state index is 0.105. The molecule has 0 saturated heterocycles. The molecule has 2 aromatic rings. The van der Waals surface area contributed by atoms with Crippen LogP contribution in [-0.4, -0.2) is 0 Å². The van der Waals surface area contributed by atoms with E-state index in [1.165, 1.54) is 16.7 Å². The molecule has 0 spiro atoms. The van der Waals surface area contributed by atoms with E-state index in [0.29, 0.717) is 11.8 Å². The van der Waals surface area contributed by atoms with Crippen LogP contribution in [0.4, 0.5) is 0 Å². The first-order valence-corrected chi connectivity index (χ1v) is 9.46. The molecule has 0 aliphatic rings. The molecule has 2 aromatic carbocycles. The van der Waals surface area contributed by atoms with Gasteiger partial charge in [-0.2, -0.15) is 0 Å². The van der Waals surface area contributed by atoms with E-state index in [1.807, 2.05) is 6.07 Å². The van der Waals surface area contributed by atoms with Crippen molar-refractivity contribution in [1.29, 1.82) is 0 Å². The highest BCUT2D eigenvalue weighted by molar-refractivity contribution is 9.10. The molecule has 0 nitrogen and oxygen atoms in total. The summed E-state index contributed by atoms with van der Waals surface area (Å²) >= 11 is 12.8. The fourth-order valence-corrected chi connectivity index (χ4v) is 2.99. The average Bonchev–Trinajstić information content (AvgIpc) is 2.47. The molecule has 22 heavy (non-hydrogen) atoms. The smallest absolute Gasteiger partial charge is 0.0477 e. The highest BCUT2D eigenvalue weighted by Crippen LogP contribution is 2.29. The van der Waals surface area contributed by atoms with Crippen molar-refractivity contribution < 1.29 is 0 Å². The van der Waals surface area contributed by atoms with Gasteiger partial charge >= 0.3 is 0 Å². The monoisotopic (exact) mass is 444 g/mol. The van der Waals surface area contributed by atoms with Gasteiger partial charge in [0.2, 0.25) is 0 Å². The van der Waals surface area contributed by atoms with E-state index < -0.39 is 0 Å². The van der Waals surface area contributed by atoms with Gasteiger partial charge < -0.3 is 0 Å². The van der Waals surface area contributed by atoms with E-state index in [2.05, 4.69) is 102 Å². The Kier molecular flexibility index (Phi) is 8.16. The molecule has 2 rings (SSSR count). The molecule has 0 fully saturated rings. The molecule has 0 aliphatic heterocycles. The topological polar surface area (TPSA) is 0 Å². The average molecular weight is 447 g/mol. The molecule has 0 bridgehead atoms. The maximum atomic E-state index is 5.83. The van der Waals surface area contributed by atoms with E-state index in [9.17, 15) is 0 Å². The van der Waals surface area contributed by atoms with Gasteiger partial charge in [0, 0.05) is 14.7 Å². The Balaban J connectivity index is 0.000000224. The Morgan fingerprint density at radius 1 is 1.05 bits per heavy atom. The van der Waals surface area contributed by atoms with Crippen molar-refractivity contribution in [2.75, 3.05) is 0 Å². The van der Waals surface area contributed by atoms with Crippen molar-refractivity contribution in [3.63, 3.8) is 0 Å². The minimum atomic E-state index is 0.105. The second-order valence-electron chi connectivity index (χ2n) is 5.97. The summed E-state index contributed by atoms with van der Waals surface area (Å²) in [5, 5.41) is 0. The van der Waals surface area contributed by atoms with Gasteiger partial charge in [-0.1, -0.05) is 82.1 Å². The Morgan fingerprint density at radius 3 is 2.05 bits per heavy atom. The van der Waals surface area contributed by atoms with Crippen molar-refractivity contribution in [2.45, 2.75) is 43.8 Å². The van der Waals surface area contributed by atoms with Crippen LogP contribution in [0, 0.1) is 0 Å². The van der Waals surface area contributed by atoms with Crippen LogP contribution in [0.5, 0.6) is 0 Å². The third-order valence-corrected chi connectivity index (χ3v) is 4.57. The second kappa shape index (κ2) is 9.10. The molecule has 3 heteroatoms. The van der Waals surface area contributed by atoms with E-state index >= 15 is 0 Å². The van der Waals surface area contributed by atoms with Gasteiger partial charge in [-0.3, -0.25) is 0 Å². The zero-order chi connectivity index (χ0) is 16.8.